The lowest BCUT2D eigenvalue weighted by atomic mass is 10.0. The minimum absolute atomic E-state index is 0.715. The van der Waals surface area contributed by atoms with Crippen molar-refractivity contribution < 1.29 is 0 Å². The number of hydrogen-bond acceptors (Lipinski definition) is 2. The van der Waals surface area contributed by atoms with Gasteiger partial charge in [0.25, 0.3) is 0 Å². The molecule has 11 rings (SSSR count). The van der Waals surface area contributed by atoms with Crippen LogP contribution in [-0.4, -0.2) is 18.9 Å². The summed E-state index contributed by atoms with van der Waals surface area (Å²) in [7, 11) is 0. The zero-order valence-corrected chi connectivity index (χ0v) is 25.8. The summed E-state index contributed by atoms with van der Waals surface area (Å²) in [4.78, 5) is 10.5. The zero-order chi connectivity index (χ0) is 31.3. The molecule has 4 heteroatoms. The van der Waals surface area contributed by atoms with Crippen LogP contribution >= 0.6 is 0 Å². The van der Waals surface area contributed by atoms with Crippen LogP contribution in [0.25, 0.3) is 99.1 Å². The van der Waals surface area contributed by atoms with Crippen molar-refractivity contribution in [1.29, 1.82) is 0 Å². The Morgan fingerprint density at radius 2 is 1.00 bits per heavy atom. The molecule has 7 aromatic carbocycles. The van der Waals surface area contributed by atoms with Crippen molar-refractivity contribution in [3.8, 4) is 28.3 Å². The molecule has 0 saturated heterocycles. The first-order chi connectivity index (χ1) is 23.8. The number of para-hydroxylation sites is 3. The molecule has 4 nitrogen and oxygen atoms in total. The molecule has 0 atom stereocenters. The number of hydrogen-bond donors (Lipinski definition) is 0. The van der Waals surface area contributed by atoms with Gasteiger partial charge in [-0.15, -0.1) is 0 Å². The van der Waals surface area contributed by atoms with Gasteiger partial charge in [0, 0.05) is 43.3 Å². The Kier molecular flexibility index (Phi) is 5.08. The number of aromatic nitrogens is 4. The Morgan fingerprint density at radius 3 is 1.79 bits per heavy atom. The van der Waals surface area contributed by atoms with Gasteiger partial charge >= 0.3 is 0 Å². The summed E-state index contributed by atoms with van der Waals surface area (Å²) in [5, 5.41) is 8.46. The molecule has 11 aromatic rings. The van der Waals surface area contributed by atoms with Crippen molar-refractivity contribution in [2.75, 3.05) is 0 Å². The van der Waals surface area contributed by atoms with E-state index in [2.05, 4.69) is 148 Å². The Bertz CT molecular complexity index is 3040. The highest BCUT2D eigenvalue weighted by Gasteiger charge is 2.26. The lowest BCUT2D eigenvalue weighted by Gasteiger charge is -2.13. The Morgan fingerprint density at radius 1 is 0.375 bits per heavy atom. The van der Waals surface area contributed by atoms with Crippen LogP contribution in [0.5, 0.6) is 0 Å². The average Bonchev–Trinajstić information content (AvgIpc) is 3.79. The molecule has 0 aliphatic carbocycles. The predicted octanol–water partition coefficient (Wildman–Crippen LogP) is 11.2. The highest BCUT2D eigenvalue weighted by atomic mass is 15.1. The van der Waals surface area contributed by atoms with Crippen molar-refractivity contribution in [3.63, 3.8) is 0 Å². The second-order valence-electron chi connectivity index (χ2n) is 12.6. The molecule has 0 aliphatic rings. The molecule has 0 unspecified atom stereocenters. The van der Waals surface area contributed by atoms with Crippen LogP contribution in [0.3, 0.4) is 0 Å². The summed E-state index contributed by atoms with van der Waals surface area (Å²) in [6, 6.07) is 56.3. The SMILES string of the molecule is c1ccc(-c2ccc3c(c2)c2cc4c5ccccc5n5c6ccccc6c(c2n3-c2nc(-c3ccccc3)nc3ccccc23)c45)cc1. The van der Waals surface area contributed by atoms with Gasteiger partial charge in [-0.1, -0.05) is 115 Å². The maximum absolute atomic E-state index is 5.41. The van der Waals surface area contributed by atoms with Gasteiger partial charge in [-0.05, 0) is 53.6 Å². The molecule has 0 fully saturated rings. The average molecular weight is 611 g/mol. The summed E-state index contributed by atoms with van der Waals surface area (Å²) >= 11 is 0. The van der Waals surface area contributed by atoms with Crippen molar-refractivity contribution >= 4 is 70.8 Å². The zero-order valence-electron chi connectivity index (χ0n) is 25.8. The summed E-state index contributed by atoms with van der Waals surface area (Å²) in [6.45, 7) is 0. The molecule has 0 amide bonds. The van der Waals surface area contributed by atoms with E-state index in [0.717, 1.165) is 27.8 Å². The quantitative estimate of drug-likeness (QED) is 0.199. The molecule has 4 aromatic heterocycles. The van der Waals surface area contributed by atoms with E-state index in [1.54, 1.807) is 0 Å². The van der Waals surface area contributed by atoms with Crippen LogP contribution in [0.4, 0.5) is 0 Å². The minimum atomic E-state index is 0.715. The number of fused-ring (bicyclic) bond motifs is 11. The van der Waals surface area contributed by atoms with Crippen molar-refractivity contribution in [3.05, 3.63) is 158 Å². The van der Waals surface area contributed by atoms with E-state index in [9.17, 15) is 0 Å². The van der Waals surface area contributed by atoms with Gasteiger partial charge in [0.15, 0.2) is 5.82 Å². The third-order valence-corrected chi connectivity index (χ3v) is 10.0. The lowest BCUT2D eigenvalue weighted by molar-refractivity contribution is 1.08. The molecule has 0 bridgehead atoms. The fourth-order valence-corrected chi connectivity index (χ4v) is 7.98. The predicted molar refractivity (Wildman–Crippen MR) is 199 cm³/mol. The van der Waals surface area contributed by atoms with Crippen LogP contribution in [0.1, 0.15) is 0 Å². The first-order valence-corrected chi connectivity index (χ1v) is 16.4. The van der Waals surface area contributed by atoms with Gasteiger partial charge in [0.1, 0.15) is 5.82 Å². The Labute approximate surface area is 275 Å². The molecule has 0 spiro atoms. The van der Waals surface area contributed by atoms with E-state index in [-0.39, 0.29) is 0 Å². The molecule has 4 heterocycles. The molecule has 0 N–H and O–H groups in total. The molecule has 0 radical (unpaired) electrons. The van der Waals surface area contributed by atoms with Crippen molar-refractivity contribution in [2.24, 2.45) is 0 Å². The first-order valence-electron chi connectivity index (χ1n) is 16.4. The summed E-state index contributed by atoms with van der Waals surface area (Å²) in [5.74, 6) is 1.60. The van der Waals surface area contributed by atoms with E-state index in [1.165, 1.54) is 65.5 Å². The van der Waals surface area contributed by atoms with E-state index < -0.39 is 0 Å². The monoisotopic (exact) mass is 610 g/mol. The standard InChI is InChI=1S/C44H26N4/c1-3-13-27(14-4-1)29-23-24-39-33(25-29)35-26-34-30-17-8-11-21-37(30)47-38-22-12-9-19-32(38)40(41(34)47)42(35)48(39)44-31-18-7-10-20-36(31)45-43(46-44)28-15-5-2-6-16-28/h1-26H. The molecular formula is C44H26N4. The van der Waals surface area contributed by atoms with E-state index in [1.807, 2.05) is 18.2 Å². The molecule has 0 saturated carbocycles. The van der Waals surface area contributed by atoms with Crippen molar-refractivity contribution in [2.45, 2.75) is 0 Å². The van der Waals surface area contributed by atoms with Gasteiger partial charge in [-0.25, -0.2) is 9.97 Å². The smallest absolute Gasteiger partial charge is 0.162 e. The Hall–Kier alpha value is -6.52. The van der Waals surface area contributed by atoms with Crippen LogP contribution < -0.4 is 0 Å². The second kappa shape index (κ2) is 9.50. The normalized spacial score (nSPS) is 12.2. The largest absolute Gasteiger partial charge is 0.308 e. The maximum Gasteiger partial charge on any atom is 0.162 e. The molecule has 0 aliphatic heterocycles. The summed E-state index contributed by atoms with van der Waals surface area (Å²) < 4.78 is 4.87. The van der Waals surface area contributed by atoms with E-state index in [0.29, 0.717) is 5.82 Å². The topological polar surface area (TPSA) is 35.1 Å². The highest BCUT2D eigenvalue weighted by Crippen LogP contribution is 2.47. The fraction of sp³-hybridized carbons (Fsp3) is 0. The third kappa shape index (κ3) is 3.38. The summed E-state index contributed by atoms with van der Waals surface area (Å²) in [6.07, 6.45) is 0. The third-order valence-electron chi connectivity index (χ3n) is 10.0. The maximum atomic E-state index is 5.41. The molecular weight excluding hydrogens is 585 g/mol. The fourth-order valence-electron chi connectivity index (χ4n) is 7.98. The number of rotatable bonds is 3. The minimum Gasteiger partial charge on any atom is -0.308 e. The lowest BCUT2D eigenvalue weighted by Crippen LogP contribution is -2.03. The van der Waals surface area contributed by atoms with E-state index in [4.69, 9.17) is 9.97 Å². The first kappa shape index (κ1) is 25.6. The van der Waals surface area contributed by atoms with Crippen LogP contribution in [0, 0.1) is 0 Å². The van der Waals surface area contributed by atoms with Gasteiger partial charge < -0.3 is 4.40 Å². The van der Waals surface area contributed by atoms with Gasteiger partial charge in [-0.2, -0.15) is 0 Å². The number of benzene rings is 7. The number of nitrogens with zero attached hydrogens (tertiary/aromatic N) is 4. The van der Waals surface area contributed by atoms with Crippen LogP contribution in [0.15, 0.2) is 158 Å². The highest BCUT2D eigenvalue weighted by molar-refractivity contribution is 6.34. The molecule has 222 valence electrons. The van der Waals surface area contributed by atoms with Gasteiger partial charge in [0.05, 0.1) is 33.1 Å². The van der Waals surface area contributed by atoms with Crippen LogP contribution in [0.2, 0.25) is 0 Å². The van der Waals surface area contributed by atoms with Gasteiger partial charge in [-0.3, -0.25) is 4.57 Å². The van der Waals surface area contributed by atoms with Crippen LogP contribution in [-0.2, 0) is 0 Å². The van der Waals surface area contributed by atoms with Gasteiger partial charge in [0.2, 0.25) is 0 Å². The van der Waals surface area contributed by atoms with Crippen molar-refractivity contribution in [1.82, 2.24) is 18.9 Å². The molecule has 48 heavy (non-hydrogen) atoms. The Balaban J connectivity index is 1.40. The van der Waals surface area contributed by atoms with E-state index >= 15 is 0 Å². The second-order valence-corrected chi connectivity index (χ2v) is 12.6. The summed E-state index contributed by atoms with van der Waals surface area (Å²) in [5.41, 5.74) is 10.3.